The molecule has 3 saturated heterocycles. The molecule has 3 saturated carbocycles. The molecular formula is C78H98Cl4O15. The molecule has 0 spiro atoms. The highest BCUT2D eigenvalue weighted by molar-refractivity contribution is 6.68. The van der Waals surface area contributed by atoms with Crippen LogP contribution < -0.4 is 0 Å². The predicted molar refractivity (Wildman–Crippen MR) is 371 cm³/mol. The second-order valence-electron chi connectivity index (χ2n) is 31.0. The zero-order chi connectivity index (χ0) is 71.0. The van der Waals surface area contributed by atoms with Crippen molar-refractivity contribution < 1.29 is 71.6 Å². The Morgan fingerprint density at radius 2 is 0.629 bits per heavy atom. The molecule has 15 nitrogen and oxygen atoms in total. The SMILES string of the molecule is C[C@@H]1C(=O)O[C@@H](C)/C=C/C=C\[C@@H](C)[C@@H]2C=C[C@@H]3C[C@@]4(C)O[C@H]4[C@@H](C)C3C2C(=O)C(Cl)C1=O.C[C@@H]1C(=O)O[C@@H](C)/C=C/C=C\[C@@H](C)[C@@H]2C=C[C@@H]3C[C@@]4(C)O[C@H]4[C@@H](C)C3C2C(=O)C(Cl)C1=O.C[C@@H]1C(=O)O[C@@H](C)/C=C/C=C\[C@@H](C)[C@@H]2C=C[C@@H]3C[C@]4(C)O[C@@H]4[C@@H](C)C3C2C(=O)C(Cl)(Cl)C1=O. The van der Waals surface area contributed by atoms with Crippen LogP contribution in [0.5, 0.6) is 0 Å². The molecule has 97 heavy (non-hydrogen) atoms. The van der Waals surface area contributed by atoms with Crippen molar-refractivity contribution in [3.8, 4) is 0 Å². The van der Waals surface area contributed by atoms with Gasteiger partial charge in [-0.25, -0.2) is 0 Å². The van der Waals surface area contributed by atoms with Crippen LogP contribution in [0.3, 0.4) is 0 Å². The van der Waals surface area contributed by atoms with Crippen LogP contribution >= 0.6 is 46.4 Å². The van der Waals surface area contributed by atoms with Crippen LogP contribution in [0.25, 0.3) is 0 Å². The Hall–Kier alpha value is -4.87. The molecule has 6 aliphatic heterocycles. The van der Waals surface area contributed by atoms with Gasteiger partial charge >= 0.3 is 17.9 Å². The molecule has 0 aromatic heterocycles. The second-order valence-corrected chi connectivity index (χ2v) is 33.2. The van der Waals surface area contributed by atoms with Crippen molar-refractivity contribution >= 4 is 99.0 Å². The van der Waals surface area contributed by atoms with E-state index in [1.165, 1.54) is 20.8 Å². The molecule has 19 heteroatoms. The van der Waals surface area contributed by atoms with Crippen LogP contribution in [0.1, 0.15) is 123 Å². The molecule has 8 unspecified atom stereocenters. The maximum atomic E-state index is 14.0. The fraction of sp³-hybridized carbons (Fsp3) is 0.654. The van der Waals surface area contributed by atoms with Crippen molar-refractivity contribution in [2.45, 2.75) is 192 Å². The van der Waals surface area contributed by atoms with E-state index in [1.807, 2.05) is 42.5 Å². The van der Waals surface area contributed by atoms with E-state index >= 15 is 0 Å². The number of fused-ring (bicyclic) bond motifs is 12. The Labute approximate surface area is 592 Å². The molecule has 0 amide bonds. The van der Waals surface area contributed by atoms with E-state index in [-0.39, 0.29) is 135 Å². The molecule has 32 atom stereocenters. The van der Waals surface area contributed by atoms with E-state index in [4.69, 9.17) is 74.8 Å². The summed E-state index contributed by atoms with van der Waals surface area (Å²) >= 11 is 26.1. The first kappa shape index (κ1) is 74.8. The van der Waals surface area contributed by atoms with Gasteiger partial charge in [0.15, 0.2) is 45.5 Å². The monoisotopic (exact) mass is 1410 g/mol. The molecule has 12 rings (SSSR count). The van der Waals surface area contributed by atoms with Crippen LogP contribution in [-0.4, -0.2) is 121 Å². The van der Waals surface area contributed by atoms with Crippen molar-refractivity contribution in [3.63, 3.8) is 0 Å². The van der Waals surface area contributed by atoms with Crippen molar-refractivity contribution in [1.29, 1.82) is 0 Å². The number of ketones is 6. The highest BCUT2D eigenvalue weighted by atomic mass is 35.5. The van der Waals surface area contributed by atoms with Gasteiger partial charge in [-0.15, -0.1) is 23.2 Å². The molecule has 12 aliphatic rings. The summed E-state index contributed by atoms with van der Waals surface area (Å²) in [7, 11) is 0. The molecule has 6 aliphatic carbocycles. The summed E-state index contributed by atoms with van der Waals surface area (Å²) in [5.74, 6) is -9.15. The van der Waals surface area contributed by atoms with Crippen molar-refractivity contribution in [2.24, 2.45) is 124 Å². The smallest absolute Gasteiger partial charge is 0.316 e. The molecule has 0 aromatic carbocycles. The van der Waals surface area contributed by atoms with Gasteiger partial charge in [-0.1, -0.05) is 156 Å². The summed E-state index contributed by atoms with van der Waals surface area (Å²) in [4.78, 5) is 118. The number of epoxide rings is 3. The summed E-state index contributed by atoms with van der Waals surface area (Å²) in [6.07, 6.45) is 37.1. The van der Waals surface area contributed by atoms with E-state index in [0.29, 0.717) is 0 Å². The van der Waals surface area contributed by atoms with Crippen LogP contribution in [0.4, 0.5) is 0 Å². The number of rotatable bonds is 0. The number of hydrogen-bond donors (Lipinski definition) is 0. The maximum absolute atomic E-state index is 14.0. The third kappa shape index (κ3) is 14.8. The van der Waals surface area contributed by atoms with Crippen LogP contribution in [-0.2, 0) is 71.6 Å². The third-order valence-electron chi connectivity index (χ3n) is 24.0. The lowest BCUT2D eigenvalue weighted by molar-refractivity contribution is -0.156. The number of carbonyl (C=O) groups is 9. The average Bonchev–Trinajstić information content (AvgIpc) is 1.59. The zero-order valence-electron chi connectivity index (χ0n) is 58.4. The predicted octanol–water partition coefficient (Wildman–Crippen LogP) is 13.4. The van der Waals surface area contributed by atoms with Gasteiger partial charge in [-0.3, -0.25) is 43.2 Å². The molecule has 0 aromatic rings. The Morgan fingerprint density at radius 1 is 0.351 bits per heavy atom. The fourth-order valence-electron chi connectivity index (χ4n) is 18.5. The lowest BCUT2D eigenvalue weighted by Gasteiger charge is -2.47. The van der Waals surface area contributed by atoms with Crippen LogP contribution in [0.2, 0.25) is 0 Å². The van der Waals surface area contributed by atoms with Gasteiger partial charge in [0, 0.05) is 17.8 Å². The first-order valence-corrected chi connectivity index (χ1v) is 36.8. The molecule has 0 radical (unpaired) electrons. The van der Waals surface area contributed by atoms with Crippen molar-refractivity contribution in [2.75, 3.05) is 0 Å². The number of esters is 3. The van der Waals surface area contributed by atoms with E-state index in [9.17, 15) is 43.2 Å². The summed E-state index contributed by atoms with van der Waals surface area (Å²) in [5, 5.41) is -2.74. The fourth-order valence-corrected chi connectivity index (χ4v) is 19.8. The van der Waals surface area contributed by atoms with E-state index in [1.54, 1.807) is 39.0 Å². The molecule has 528 valence electrons. The van der Waals surface area contributed by atoms with E-state index < -0.39 is 110 Å². The molecule has 0 N–H and O–H groups in total. The number of allylic oxidation sites excluding steroid dienone is 15. The van der Waals surface area contributed by atoms with Crippen molar-refractivity contribution in [1.82, 2.24) is 0 Å². The van der Waals surface area contributed by atoms with E-state index in [0.717, 1.165) is 19.3 Å². The number of ether oxygens (including phenoxy) is 6. The lowest BCUT2D eigenvalue weighted by atomic mass is 9.56. The van der Waals surface area contributed by atoms with Crippen molar-refractivity contribution in [3.05, 3.63) is 109 Å². The number of hydrogen-bond acceptors (Lipinski definition) is 15. The highest BCUT2D eigenvalue weighted by Crippen LogP contribution is 2.63. The molecule has 0 bridgehead atoms. The molecular weight excluding hydrogens is 1320 g/mol. The standard InChI is InChI=1S/C26H32Cl2O5.2C26H33ClO5/c1-13-8-6-7-9-14(2)32-24(31)16(4)21(29)26(27,28)22(30)20-18(13)11-10-17-12-25(5)23(33-25)15(3)19(17)20;2*1-13-8-6-7-9-14(2)31-25(30)16(4)22(28)21(27)23(29)20-18(13)11-10-17-12-26(5)24(32-26)15(3)19(17)20/h6-11,13-20,23H,12H2,1-5H3;2*6-11,13-21,24H,12H2,1-5H3/b3*8-6-,9-7+/t13-,14+,15+,16+,17-,18+,19?,20?,23-,25+;2*13-,14+,15+,16+,17-,18+,19?,20?,21?,24+,26-/m111/s1. The van der Waals surface area contributed by atoms with Gasteiger partial charge in [-0.2, -0.15) is 0 Å². The number of Topliss-reactive ketones (excluding diaryl/α,β-unsaturated/α-hetero) is 6. The number of halogens is 4. The Bertz CT molecular complexity index is 3270. The second kappa shape index (κ2) is 28.9. The summed E-state index contributed by atoms with van der Waals surface area (Å²) in [6.45, 7) is 28.5. The first-order valence-electron chi connectivity index (χ1n) is 35.1. The Kier molecular flexibility index (Phi) is 22.3. The maximum Gasteiger partial charge on any atom is 0.316 e. The van der Waals surface area contributed by atoms with Gasteiger partial charge in [0.2, 0.25) is 4.33 Å². The lowest BCUT2D eigenvalue weighted by Crippen LogP contribution is -2.54. The first-order chi connectivity index (χ1) is 45.5. The Morgan fingerprint density at radius 3 is 0.948 bits per heavy atom. The zero-order valence-corrected chi connectivity index (χ0v) is 61.4. The average molecular weight is 1420 g/mol. The molecule has 6 heterocycles. The Balaban J connectivity index is 0.000000158. The largest absolute Gasteiger partial charge is 0.458 e. The minimum absolute atomic E-state index is 0.00103. The van der Waals surface area contributed by atoms with E-state index in [2.05, 4.69) is 111 Å². The minimum atomic E-state index is -2.34. The van der Waals surface area contributed by atoms with Gasteiger partial charge in [0.1, 0.15) is 36.1 Å². The van der Waals surface area contributed by atoms with Crippen LogP contribution in [0, 0.1) is 124 Å². The van der Waals surface area contributed by atoms with Gasteiger partial charge in [0.25, 0.3) is 0 Å². The minimum Gasteiger partial charge on any atom is -0.458 e. The third-order valence-corrected chi connectivity index (χ3v) is 25.7. The van der Waals surface area contributed by atoms with Crippen LogP contribution in [0.15, 0.2) is 109 Å². The van der Waals surface area contributed by atoms with Gasteiger partial charge in [-0.05, 0) is 189 Å². The topological polar surface area (TPSA) is 219 Å². The van der Waals surface area contributed by atoms with Gasteiger partial charge < -0.3 is 28.4 Å². The number of alkyl halides is 4. The number of carbonyl (C=O) groups excluding carboxylic acids is 9. The van der Waals surface area contributed by atoms with Gasteiger partial charge in [0.05, 0.1) is 35.1 Å². The normalized spacial score (nSPS) is 50.3. The summed E-state index contributed by atoms with van der Waals surface area (Å²) in [5.41, 5.74) is -0.407. The quantitative estimate of drug-likeness (QED) is 0.0550. The molecule has 6 fully saturated rings. The summed E-state index contributed by atoms with van der Waals surface area (Å²) in [6, 6.07) is 0. The highest BCUT2D eigenvalue weighted by Gasteiger charge is 2.68. The number of cyclic esters (lactones) is 3. The summed E-state index contributed by atoms with van der Waals surface area (Å²) < 4.78 is 31.8.